The van der Waals surface area contributed by atoms with Gasteiger partial charge in [0.15, 0.2) is 0 Å². The number of nitrogens with two attached hydrogens (primary N) is 2. The molecule has 1 aliphatic carbocycles. The van der Waals surface area contributed by atoms with Gasteiger partial charge in [-0.3, -0.25) is 4.79 Å². The maximum atomic E-state index is 13.5. The summed E-state index contributed by atoms with van der Waals surface area (Å²) in [5.74, 6) is -0.420. The van der Waals surface area contributed by atoms with Crippen LogP contribution in [0.15, 0.2) is 18.2 Å². The van der Waals surface area contributed by atoms with E-state index in [1.807, 2.05) is 0 Å². The number of ether oxygens (including phenoxy) is 1. The standard InChI is InChI=1S/C14H19FN2O2/c15-11-5-2-6-12(13(11)14(17)18)19-8-10-4-1-3-9(10)7-16/h2,5-6,9-10H,1,3-4,7-8,16H2,(H2,17,18). The Hall–Kier alpha value is -1.62. The average molecular weight is 266 g/mol. The van der Waals surface area contributed by atoms with Gasteiger partial charge in [-0.15, -0.1) is 0 Å². The number of carbonyl (C=O) groups is 1. The van der Waals surface area contributed by atoms with Crippen LogP contribution in [0.25, 0.3) is 0 Å². The summed E-state index contributed by atoms with van der Waals surface area (Å²) in [6.45, 7) is 1.09. The predicted molar refractivity (Wildman–Crippen MR) is 70.3 cm³/mol. The smallest absolute Gasteiger partial charge is 0.255 e. The lowest BCUT2D eigenvalue weighted by Gasteiger charge is -2.19. The van der Waals surface area contributed by atoms with Gasteiger partial charge in [0.05, 0.1) is 6.61 Å². The second kappa shape index (κ2) is 6.02. The monoisotopic (exact) mass is 266 g/mol. The molecule has 0 aromatic heterocycles. The number of benzene rings is 1. The molecule has 104 valence electrons. The number of rotatable bonds is 5. The summed E-state index contributed by atoms with van der Waals surface area (Å²) in [4.78, 5) is 11.2. The first-order valence-electron chi connectivity index (χ1n) is 6.54. The molecule has 2 unspecified atom stereocenters. The van der Waals surface area contributed by atoms with E-state index in [1.54, 1.807) is 6.07 Å². The zero-order chi connectivity index (χ0) is 13.8. The number of hydrogen-bond donors (Lipinski definition) is 2. The third-order valence-corrected chi connectivity index (χ3v) is 3.79. The second-order valence-electron chi connectivity index (χ2n) is 4.97. The molecule has 1 aromatic carbocycles. The molecule has 19 heavy (non-hydrogen) atoms. The van der Waals surface area contributed by atoms with Crippen LogP contribution in [0, 0.1) is 17.7 Å². The highest BCUT2D eigenvalue weighted by atomic mass is 19.1. The number of halogens is 1. The van der Waals surface area contributed by atoms with E-state index in [1.165, 1.54) is 12.1 Å². The molecule has 1 aliphatic rings. The fourth-order valence-electron chi connectivity index (χ4n) is 2.70. The van der Waals surface area contributed by atoms with Crippen molar-refractivity contribution >= 4 is 5.91 Å². The van der Waals surface area contributed by atoms with Crippen LogP contribution in [0.4, 0.5) is 4.39 Å². The Morgan fingerprint density at radius 1 is 1.37 bits per heavy atom. The van der Waals surface area contributed by atoms with Gasteiger partial charge in [0.2, 0.25) is 0 Å². The molecule has 4 N–H and O–H groups in total. The molecule has 0 bridgehead atoms. The molecule has 1 amide bonds. The van der Waals surface area contributed by atoms with Crippen LogP contribution in [-0.2, 0) is 0 Å². The molecule has 1 saturated carbocycles. The van der Waals surface area contributed by atoms with Crippen molar-refractivity contribution in [1.82, 2.24) is 0 Å². The molecule has 0 heterocycles. The Morgan fingerprint density at radius 3 is 2.79 bits per heavy atom. The van der Waals surface area contributed by atoms with Crippen LogP contribution in [0.5, 0.6) is 5.75 Å². The van der Waals surface area contributed by atoms with Crippen molar-refractivity contribution in [1.29, 1.82) is 0 Å². The summed E-state index contributed by atoms with van der Waals surface area (Å²) >= 11 is 0. The van der Waals surface area contributed by atoms with Crippen molar-refractivity contribution in [3.8, 4) is 5.75 Å². The van der Waals surface area contributed by atoms with Crippen molar-refractivity contribution in [2.45, 2.75) is 19.3 Å². The van der Waals surface area contributed by atoms with Gasteiger partial charge in [-0.25, -0.2) is 4.39 Å². The highest BCUT2D eigenvalue weighted by Crippen LogP contribution is 2.32. The third-order valence-electron chi connectivity index (χ3n) is 3.79. The minimum Gasteiger partial charge on any atom is -0.492 e. The molecule has 2 atom stereocenters. The molecule has 0 saturated heterocycles. The summed E-state index contributed by atoms with van der Waals surface area (Å²) < 4.78 is 19.1. The summed E-state index contributed by atoms with van der Waals surface area (Å²) in [6.07, 6.45) is 3.31. The van der Waals surface area contributed by atoms with Gasteiger partial charge < -0.3 is 16.2 Å². The Balaban J connectivity index is 2.07. The van der Waals surface area contributed by atoms with Crippen LogP contribution in [0.3, 0.4) is 0 Å². The van der Waals surface area contributed by atoms with Gasteiger partial charge in [0.25, 0.3) is 5.91 Å². The Morgan fingerprint density at radius 2 is 2.11 bits per heavy atom. The molecule has 1 aromatic rings. The molecular formula is C14H19FN2O2. The summed E-state index contributed by atoms with van der Waals surface area (Å²) in [5.41, 5.74) is 10.7. The van der Waals surface area contributed by atoms with Gasteiger partial charge in [-0.05, 0) is 43.4 Å². The van der Waals surface area contributed by atoms with Gasteiger partial charge in [-0.2, -0.15) is 0 Å². The van der Waals surface area contributed by atoms with Gasteiger partial charge in [0, 0.05) is 0 Å². The lowest BCUT2D eigenvalue weighted by atomic mass is 9.97. The zero-order valence-corrected chi connectivity index (χ0v) is 10.8. The maximum absolute atomic E-state index is 13.5. The Kier molecular flexibility index (Phi) is 4.37. The molecule has 4 nitrogen and oxygen atoms in total. The van der Waals surface area contributed by atoms with Crippen LogP contribution in [0.1, 0.15) is 29.6 Å². The van der Waals surface area contributed by atoms with E-state index in [9.17, 15) is 9.18 Å². The predicted octanol–water partition coefficient (Wildman–Crippen LogP) is 1.68. The van der Waals surface area contributed by atoms with Crippen LogP contribution < -0.4 is 16.2 Å². The minimum absolute atomic E-state index is 0.176. The van der Waals surface area contributed by atoms with Crippen molar-refractivity contribution < 1.29 is 13.9 Å². The van der Waals surface area contributed by atoms with Gasteiger partial charge in [-0.1, -0.05) is 12.5 Å². The van der Waals surface area contributed by atoms with Crippen molar-refractivity contribution in [2.75, 3.05) is 13.2 Å². The van der Waals surface area contributed by atoms with Gasteiger partial charge in [0.1, 0.15) is 17.1 Å². The van der Waals surface area contributed by atoms with E-state index in [-0.39, 0.29) is 11.3 Å². The van der Waals surface area contributed by atoms with Crippen LogP contribution in [0.2, 0.25) is 0 Å². The van der Waals surface area contributed by atoms with E-state index in [4.69, 9.17) is 16.2 Å². The van der Waals surface area contributed by atoms with Crippen molar-refractivity contribution in [3.05, 3.63) is 29.6 Å². The quantitative estimate of drug-likeness (QED) is 0.851. The van der Waals surface area contributed by atoms with Crippen molar-refractivity contribution in [3.63, 3.8) is 0 Å². The normalized spacial score (nSPS) is 22.4. The molecule has 0 radical (unpaired) electrons. The molecule has 2 rings (SSSR count). The fourth-order valence-corrected chi connectivity index (χ4v) is 2.70. The summed E-state index contributed by atoms with van der Waals surface area (Å²) in [7, 11) is 0. The first-order valence-corrected chi connectivity index (χ1v) is 6.54. The lowest BCUT2D eigenvalue weighted by molar-refractivity contribution is 0.0990. The Bertz CT molecular complexity index is 465. The first kappa shape index (κ1) is 13.8. The SMILES string of the molecule is NCC1CCCC1COc1cccc(F)c1C(N)=O. The van der Waals surface area contributed by atoms with E-state index in [0.717, 1.165) is 19.3 Å². The van der Waals surface area contributed by atoms with E-state index < -0.39 is 11.7 Å². The Labute approximate surface area is 111 Å². The number of hydrogen-bond acceptors (Lipinski definition) is 3. The molecular weight excluding hydrogens is 247 g/mol. The summed E-state index contributed by atoms with van der Waals surface area (Å²) in [5, 5.41) is 0. The largest absolute Gasteiger partial charge is 0.492 e. The number of amides is 1. The summed E-state index contributed by atoms with van der Waals surface area (Å²) in [6, 6.07) is 4.27. The van der Waals surface area contributed by atoms with E-state index in [0.29, 0.717) is 25.0 Å². The third kappa shape index (κ3) is 3.04. The zero-order valence-electron chi connectivity index (χ0n) is 10.8. The van der Waals surface area contributed by atoms with E-state index in [2.05, 4.69) is 0 Å². The number of carbonyl (C=O) groups excluding carboxylic acids is 1. The fraction of sp³-hybridized carbons (Fsp3) is 0.500. The first-order chi connectivity index (χ1) is 9.13. The minimum atomic E-state index is -0.810. The number of primary amides is 1. The highest BCUT2D eigenvalue weighted by molar-refractivity contribution is 5.95. The van der Waals surface area contributed by atoms with Gasteiger partial charge >= 0.3 is 0 Å². The average Bonchev–Trinajstić information content (AvgIpc) is 2.83. The van der Waals surface area contributed by atoms with E-state index >= 15 is 0 Å². The lowest BCUT2D eigenvalue weighted by Crippen LogP contribution is -2.24. The maximum Gasteiger partial charge on any atom is 0.255 e. The van der Waals surface area contributed by atoms with Crippen LogP contribution >= 0.6 is 0 Å². The molecule has 0 aliphatic heterocycles. The molecule has 5 heteroatoms. The molecule has 0 spiro atoms. The highest BCUT2D eigenvalue weighted by Gasteiger charge is 2.27. The second-order valence-corrected chi connectivity index (χ2v) is 4.97. The molecule has 1 fully saturated rings. The topological polar surface area (TPSA) is 78.3 Å². The van der Waals surface area contributed by atoms with Crippen molar-refractivity contribution in [2.24, 2.45) is 23.3 Å². The van der Waals surface area contributed by atoms with Crippen LogP contribution in [-0.4, -0.2) is 19.1 Å².